The molecular weight excluding hydrogens is 472 g/mol. The largest absolute Gasteiger partial charge is 0.493 e. The fourth-order valence-corrected chi connectivity index (χ4v) is 3.16. The van der Waals surface area contributed by atoms with Crippen LogP contribution in [0.2, 0.25) is 0 Å². The standard InChI is InChI=1S/C20H21BrN4O6/c1-30-17-11-13(10-16(21)19(17)31-2)12-23-24-18(26)4-3-9-22-20(27)14-5-7-15(8-6-14)25(28)29/h5-8,10-12H,3-4,9H2,1-2H3,(H,22,27)(H,24,26)/b23-12+. The van der Waals surface area contributed by atoms with Crippen LogP contribution >= 0.6 is 15.9 Å². The van der Waals surface area contributed by atoms with Gasteiger partial charge in [0.2, 0.25) is 5.91 Å². The van der Waals surface area contributed by atoms with E-state index in [4.69, 9.17) is 9.47 Å². The fraction of sp³-hybridized carbons (Fsp3) is 0.250. The smallest absolute Gasteiger partial charge is 0.269 e. The number of hydrazone groups is 1. The minimum absolute atomic E-state index is 0.0887. The lowest BCUT2D eigenvalue weighted by Crippen LogP contribution is -2.26. The number of carbonyl (C=O) groups excluding carboxylic acids is 2. The monoisotopic (exact) mass is 492 g/mol. The molecule has 0 aliphatic carbocycles. The number of hydrogen-bond acceptors (Lipinski definition) is 7. The second-order valence-corrected chi connectivity index (χ2v) is 7.05. The summed E-state index contributed by atoms with van der Waals surface area (Å²) in [5.41, 5.74) is 3.33. The van der Waals surface area contributed by atoms with Gasteiger partial charge in [0.1, 0.15) is 0 Å². The van der Waals surface area contributed by atoms with Gasteiger partial charge in [0.25, 0.3) is 11.6 Å². The van der Waals surface area contributed by atoms with Gasteiger partial charge in [0.05, 0.1) is 29.8 Å². The third-order valence-corrected chi connectivity index (χ3v) is 4.65. The lowest BCUT2D eigenvalue weighted by molar-refractivity contribution is -0.384. The third kappa shape index (κ3) is 7.07. The number of non-ortho nitro benzene ring substituents is 1. The third-order valence-electron chi connectivity index (χ3n) is 4.07. The molecule has 0 spiro atoms. The van der Waals surface area contributed by atoms with E-state index in [9.17, 15) is 19.7 Å². The number of nitro groups is 1. The Morgan fingerprint density at radius 2 is 1.90 bits per heavy atom. The molecule has 0 radical (unpaired) electrons. The predicted octanol–water partition coefficient (Wildman–Crippen LogP) is 3.03. The molecule has 2 N–H and O–H groups in total. The molecular formula is C20H21BrN4O6. The van der Waals surface area contributed by atoms with Crippen LogP contribution in [0.5, 0.6) is 11.5 Å². The maximum absolute atomic E-state index is 12.0. The first kappa shape index (κ1) is 23.8. The Labute approximate surface area is 186 Å². The highest BCUT2D eigenvalue weighted by Gasteiger charge is 2.10. The summed E-state index contributed by atoms with van der Waals surface area (Å²) < 4.78 is 11.2. The molecule has 0 fully saturated rings. The second kappa shape index (κ2) is 11.6. The van der Waals surface area contributed by atoms with Crippen molar-refractivity contribution in [3.63, 3.8) is 0 Å². The summed E-state index contributed by atoms with van der Waals surface area (Å²) in [7, 11) is 3.05. The van der Waals surface area contributed by atoms with Gasteiger partial charge in [-0.3, -0.25) is 19.7 Å². The van der Waals surface area contributed by atoms with Crippen molar-refractivity contribution < 1.29 is 24.0 Å². The van der Waals surface area contributed by atoms with Crippen LogP contribution in [0.4, 0.5) is 5.69 Å². The zero-order valence-electron chi connectivity index (χ0n) is 16.9. The molecule has 0 bridgehead atoms. The Bertz CT molecular complexity index is 978. The summed E-state index contributed by atoms with van der Waals surface area (Å²) in [5, 5.41) is 17.2. The van der Waals surface area contributed by atoms with Gasteiger partial charge >= 0.3 is 0 Å². The van der Waals surface area contributed by atoms with Crippen molar-refractivity contribution in [1.29, 1.82) is 0 Å². The van der Waals surface area contributed by atoms with Crippen LogP contribution in [0, 0.1) is 10.1 Å². The average Bonchev–Trinajstić information content (AvgIpc) is 2.76. The lowest BCUT2D eigenvalue weighted by Gasteiger charge is -2.10. The molecule has 2 amide bonds. The number of carbonyl (C=O) groups is 2. The van der Waals surface area contributed by atoms with Crippen LogP contribution in [0.15, 0.2) is 46.0 Å². The highest BCUT2D eigenvalue weighted by atomic mass is 79.9. The van der Waals surface area contributed by atoms with Gasteiger partial charge in [-0.05, 0) is 52.2 Å². The first-order valence-electron chi connectivity index (χ1n) is 9.11. The van der Waals surface area contributed by atoms with Crippen LogP contribution in [0.1, 0.15) is 28.8 Å². The summed E-state index contributed by atoms with van der Waals surface area (Å²) in [6.07, 6.45) is 2.04. The topological polar surface area (TPSA) is 132 Å². The van der Waals surface area contributed by atoms with Gasteiger partial charge in [-0.25, -0.2) is 5.43 Å². The number of hydrogen-bond donors (Lipinski definition) is 2. The maximum Gasteiger partial charge on any atom is 0.269 e. The quantitative estimate of drug-likeness (QED) is 0.226. The predicted molar refractivity (Wildman–Crippen MR) is 118 cm³/mol. The van der Waals surface area contributed by atoms with E-state index in [1.165, 1.54) is 44.7 Å². The normalized spacial score (nSPS) is 10.5. The lowest BCUT2D eigenvalue weighted by atomic mass is 10.2. The molecule has 164 valence electrons. The number of nitrogens with zero attached hydrogens (tertiary/aromatic N) is 2. The highest BCUT2D eigenvalue weighted by molar-refractivity contribution is 9.10. The summed E-state index contributed by atoms with van der Waals surface area (Å²) in [6, 6.07) is 8.76. The molecule has 0 saturated carbocycles. The van der Waals surface area contributed by atoms with Crippen LogP contribution in [0.25, 0.3) is 0 Å². The number of methoxy groups -OCH3 is 2. The van der Waals surface area contributed by atoms with E-state index in [-0.39, 0.29) is 30.5 Å². The maximum atomic E-state index is 12.0. The molecule has 0 heterocycles. The number of amides is 2. The fourth-order valence-electron chi connectivity index (χ4n) is 2.53. The van der Waals surface area contributed by atoms with Crippen molar-refractivity contribution >= 4 is 39.6 Å². The van der Waals surface area contributed by atoms with Crippen molar-refractivity contribution in [2.24, 2.45) is 5.10 Å². The van der Waals surface area contributed by atoms with Crippen molar-refractivity contribution in [1.82, 2.24) is 10.7 Å². The summed E-state index contributed by atoms with van der Waals surface area (Å²) in [6.45, 7) is 0.273. The average molecular weight is 493 g/mol. The minimum Gasteiger partial charge on any atom is -0.493 e. The molecule has 2 rings (SSSR count). The van der Waals surface area contributed by atoms with E-state index in [1.54, 1.807) is 12.1 Å². The molecule has 2 aromatic rings. The SMILES string of the molecule is COc1cc(/C=N/NC(=O)CCCNC(=O)c2ccc([N+](=O)[O-])cc2)cc(Br)c1OC. The Kier molecular flexibility index (Phi) is 8.94. The Morgan fingerprint density at radius 3 is 2.52 bits per heavy atom. The molecule has 0 unspecified atom stereocenters. The molecule has 11 heteroatoms. The van der Waals surface area contributed by atoms with Crippen molar-refractivity contribution in [2.45, 2.75) is 12.8 Å². The van der Waals surface area contributed by atoms with E-state index in [1.807, 2.05) is 0 Å². The van der Waals surface area contributed by atoms with Gasteiger partial charge in [0, 0.05) is 30.7 Å². The van der Waals surface area contributed by atoms with Crippen molar-refractivity contribution in [2.75, 3.05) is 20.8 Å². The molecule has 0 aliphatic rings. The van der Waals surface area contributed by atoms with Crippen molar-refractivity contribution in [3.05, 3.63) is 62.1 Å². The number of nitrogens with one attached hydrogen (secondary N) is 2. The Morgan fingerprint density at radius 1 is 1.19 bits per heavy atom. The van der Waals surface area contributed by atoms with E-state index in [0.717, 1.165) is 0 Å². The number of rotatable bonds is 10. The zero-order chi connectivity index (χ0) is 22.8. The molecule has 0 aromatic heterocycles. The molecule has 2 aromatic carbocycles. The molecule has 0 atom stereocenters. The van der Waals surface area contributed by atoms with Crippen LogP contribution in [-0.2, 0) is 4.79 Å². The van der Waals surface area contributed by atoms with Gasteiger partial charge < -0.3 is 14.8 Å². The molecule has 10 nitrogen and oxygen atoms in total. The van der Waals surface area contributed by atoms with Gasteiger partial charge in [-0.15, -0.1) is 0 Å². The van der Waals surface area contributed by atoms with E-state index in [0.29, 0.717) is 33.5 Å². The van der Waals surface area contributed by atoms with Crippen LogP contribution in [-0.4, -0.2) is 43.7 Å². The van der Waals surface area contributed by atoms with Gasteiger partial charge in [-0.1, -0.05) is 0 Å². The highest BCUT2D eigenvalue weighted by Crippen LogP contribution is 2.35. The summed E-state index contributed by atoms with van der Waals surface area (Å²) >= 11 is 3.38. The molecule has 31 heavy (non-hydrogen) atoms. The minimum atomic E-state index is -0.535. The first-order valence-corrected chi connectivity index (χ1v) is 9.91. The number of ether oxygens (including phenoxy) is 2. The van der Waals surface area contributed by atoms with E-state index in [2.05, 4.69) is 31.8 Å². The Balaban J connectivity index is 1.75. The number of benzene rings is 2. The Hall–Kier alpha value is -3.47. The molecule has 0 saturated heterocycles. The first-order chi connectivity index (χ1) is 14.8. The zero-order valence-corrected chi connectivity index (χ0v) is 18.5. The van der Waals surface area contributed by atoms with E-state index < -0.39 is 4.92 Å². The van der Waals surface area contributed by atoms with Crippen LogP contribution in [0.3, 0.4) is 0 Å². The molecule has 0 aliphatic heterocycles. The summed E-state index contributed by atoms with van der Waals surface area (Å²) in [5.74, 6) is 0.403. The number of halogens is 1. The van der Waals surface area contributed by atoms with Gasteiger partial charge in [-0.2, -0.15) is 5.10 Å². The van der Waals surface area contributed by atoms with E-state index >= 15 is 0 Å². The second-order valence-electron chi connectivity index (χ2n) is 6.19. The summed E-state index contributed by atoms with van der Waals surface area (Å²) in [4.78, 5) is 34.0. The number of nitro benzene ring substituents is 1. The van der Waals surface area contributed by atoms with Crippen LogP contribution < -0.4 is 20.2 Å². The van der Waals surface area contributed by atoms with Gasteiger partial charge in [0.15, 0.2) is 11.5 Å². The van der Waals surface area contributed by atoms with Crippen molar-refractivity contribution in [3.8, 4) is 11.5 Å².